The molecule has 0 aliphatic carbocycles. The summed E-state index contributed by atoms with van der Waals surface area (Å²) in [5, 5.41) is 0.926. The normalized spacial score (nSPS) is 13.3. The van der Waals surface area contributed by atoms with E-state index in [1.807, 2.05) is 6.92 Å². The summed E-state index contributed by atoms with van der Waals surface area (Å²) in [6.07, 6.45) is 1.69. The second-order valence-corrected chi connectivity index (χ2v) is 8.22. The van der Waals surface area contributed by atoms with Gasteiger partial charge in [-0.3, -0.25) is 0 Å². The molecule has 0 radical (unpaired) electrons. The SMILES string of the molecule is Cc1cnc(C(C)NS(=O)(=O)c2c(N)cc(Cl)cc2Cl)s1. The van der Waals surface area contributed by atoms with Gasteiger partial charge < -0.3 is 5.73 Å². The first-order chi connectivity index (χ1) is 9.70. The number of hydrogen-bond donors (Lipinski definition) is 2. The Morgan fingerprint density at radius 2 is 2.05 bits per heavy atom. The lowest BCUT2D eigenvalue weighted by Crippen LogP contribution is -2.27. The fourth-order valence-electron chi connectivity index (χ4n) is 1.78. The van der Waals surface area contributed by atoms with Gasteiger partial charge >= 0.3 is 0 Å². The van der Waals surface area contributed by atoms with Crippen LogP contribution in [-0.2, 0) is 10.0 Å². The minimum Gasteiger partial charge on any atom is -0.398 e. The molecule has 9 heteroatoms. The van der Waals surface area contributed by atoms with Crippen molar-refractivity contribution in [2.45, 2.75) is 24.8 Å². The summed E-state index contributed by atoms with van der Waals surface area (Å²) in [4.78, 5) is 4.99. The molecule has 1 heterocycles. The van der Waals surface area contributed by atoms with Crippen molar-refractivity contribution in [2.75, 3.05) is 5.73 Å². The zero-order valence-electron chi connectivity index (χ0n) is 11.2. The Kier molecular flexibility index (Phi) is 4.79. The highest BCUT2D eigenvalue weighted by Crippen LogP contribution is 2.32. The van der Waals surface area contributed by atoms with Crippen molar-refractivity contribution < 1.29 is 8.42 Å². The van der Waals surface area contributed by atoms with Crippen LogP contribution in [0.25, 0.3) is 0 Å². The fourth-order valence-corrected chi connectivity index (χ4v) is 4.82. The third-order valence-electron chi connectivity index (χ3n) is 2.65. The van der Waals surface area contributed by atoms with E-state index in [9.17, 15) is 8.42 Å². The molecule has 114 valence electrons. The van der Waals surface area contributed by atoms with Crippen molar-refractivity contribution in [1.82, 2.24) is 9.71 Å². The van der Waals surface area contributed by atoms with Crippen LogP contribution in [-0.4, -0.2) is 13.4 Å². The minimum absolute atomic E-state index is 0.00233. The molecule has 1 aromatic heterocycles. The zero-order chi connectivity index (χ0) is 15.8. The third-order valence-corrected chi connectivity index (χ3v) is 6.03. The largest absolute Gasteiger partial charge is 0.398 e. The second kappa shape index (κ2) is 6.10. The van der Waals surface area contributed by atoms with Crippen molar-refractivity contribution in [1.29, 1.82) is 0 Å². The van der Waals surface area contributed by atoms with Crippen LogP contribution in [0.2, 0.25) is 10.0 Å². The predicted molar refractivity (Wildman–Crippen MR) is 86.5 cm³/mol. The molecule has 1 unspecified atom stereocenters. The summed E-state index contributed by atoms with van der Waals surface area (Å²) in [5.74, 6) is 0. The first kappa shape index (κ1) is 16.5. The minimum atomic E-state index is -3.88. The van der Waals surface area contributed by atoms with E-state index in [4.69, 9.17) is 28.9 Å². The van der Waals surface area contributed by atoms with Gasteiger partial charge in [0.25, 0.3) is 0 Å². The molecule has 0 aliphatic rings. The topological polar surface area (TPSA) is 85.1 Å². The van der Waals surface area contributed by atoms with E-state index in [-0.39, 0.29) is 20.6 Å². The molecule has 21 heavy (non-hydrogen) atoms. The molecule has 0 spiro atoms. The molecule has 0 aliphatic heterocycles. The van der Waals surface area contributed by atoms with Crippen LogP contribution in [0, 0.1) is 6.92 Å². The van der Waals surface area contributed by atoms with Gasteiger partial charge in [-0.25, -0.2) is 18.1 Å². The van der Waals surface area contributed by atoms with Crippen molar-refractivity contribution in [3.05, 3.63) is 38.3 Å². The van der Waals surface area contributed by atoms with Crippen molar-refractivity contribution in [3.8, 4) is 0 Å². The van der Waals surface area contributed by atoms with Crippen LogP contribution < -0.4 is 10.5 Å². The summed E-state index contributed by atoms with van der Waals surface area (Å²) in [5.41, 5.74) is 5.73. The molecule has 0 saturated carbocycles. The van der Waals surface area contributed by atoms with Crippen molar-refractivity contribution in [3.63, 3.8) is 0 Å². The van der Waals surface area contributed by atoms with Gasteiger partial charge in [-0.2, -0.15) is 0 Å². The van der Waals surface area contributed by atoms with E-state index in [1.165, 1.54) is 23.5 Å². The molecule has 2 rings (SSSR count). The molecule has 2 aromatic rings. The quantitative estimate of drug-likeness (QED) is 0.813. The predicted octanol–water partition coefficient (Wildman–Crippen LogP) is 3.38. The fraction of sp³-hybridized carbons (Fsp3) is 0.250. The van der Waals surface area contributed by atoms with Crippen molar-refractivity contribution >= 4 is 50.2 Å². The van der Waals surface area contributed by atoms with E-state index in [0.717, 1.165) is 4.88 Å². The highest BCUT2D eigenvalue weighted by molar-refractivity contribution is 7.89. The van der Waals surface area contributed by atoms with E-state index in [2.05, 4.69) is 9.71 Å². The Hall–Kier alpha value is -0.860. The summed E-state index contributed by atoms with van der Waals surface area (Å²) in [6.45, 7) is 3.60. The lowest BCUT2D eigenvalue weighted by atomic mass is 10.3. The number of hydrogen-bond acceptors (Lipinski definition) is 5. The Morgan fingerprint density at radius 3 is 2.57 bits per heavy atom. The number of aryl methyl sites for hydroxylation is 1. The number of rotatable bonds is 4. The number of sulfonamides is 1. The van der Waals surface area contributed by atoms with E-state index in [1.54, 1.807) is 13.1 Å². The monoisotopic (exact) mass is 365 g/mol. The van der Waals surface area contributed by atoms with Gasteiger partial charge in [-0.05, 0) is 26.0 Å². The summed E-state index contributed by atoms with van der Waals surface area (Å²) >= 11 is 13.2. The van der Waals surface area contributed by atoms with Gasteiger partial charge in [0.1, 0.15) is 9.90 Å². The second-order valence-electron chi connectivity index (χ2n) is 4.46. The maximum Gasteiger partial charge on any atom is 0.244 e. The van der Waals surface area contributed by atoms with Gasteiger partial charge in [0.05, 0.1) is 16.8 Å². The molecule has 0 amide bonds. The van der Waals surface area contributed by atoms with Crippen molar-refractivity contribution in [2.24, 2.45) is 0 Å². The van der Waals surface area contributed by atoms with Gasteiger partial charge in [-0.15, -0.1) is 11.3 Å². The number of benzene rings is 1. The average Bonchev–Trinajstić information content (AvgIpc) is 2.73. The molecule has 5 nitrogen and oxygen atoms in total. The Balaban J connectivity index is 2.35. The van der Waals surface area contributed by atoms with Gasteiger partial charge in [-0.1, -0.05) is 23.2 Å². The Bertz CT molecular complexity index is 752. The highest BCUT2D eigenvalue weighted by Gasteiger charge is 2.25. The lowest BCUT2D eigenvalue weighted by Gasteiger charge is -2.14. The first-order valence-corrected chi connectivity index (χ1v) is 8.95. The zero-order valence-corrected chi connectivity index (χ0v) is 14.4. The average molecular weight is 366 g/mol. The number of nitrogens with one attached hydrogen (secondary N) is 1. The van der Waals surface area contributed by atoms with Crippen LogP contribution in [0.4, 0.5) is 5.69 Å². The summed E-state index contributed by atoms with van der Waals surface area (Å²) in [7, 11) is -3.88. The molecular formula is C12H13Cl2N3O2S2. The number of anilines is 1. The number of nitrogen functional groups attached to an aromatic ring is 1. The maximum atomic E-state index is 12.4. The van der Waals surface area contributed by atoms with Crippen LogP contribution in [0.1, 0.15) is 22.9 Å². The molecule has 0 bridgehead atoms. The maximum absolute atomic E-state index is 12.4. The molecule has 0 fully saturated rings. The van der Waals surface area contributed by atoms with Crippen LogP contribution in [0.3, 0.4) is 0 Å². The lowest BCUT2D eigenvalue weighted by molar-refractivity contribution is 0.567. The number of thiazole rings is 1. The number of aromatic nitrogens is 1. The molecule has 1 aromatic carbocycles. The summed E-state index contributed by atoms with van der Waals surface area (Å²) < 4.78 is 27.4. The number of nitrogens with zero attached hydrogens (tertiary/aromatic N) is 1. The number of halogens is 2. The van der Waals surface area contributed by atoms with E-state index < -0.39 is 16.1 Å². The number of nitrogens with two attached hydrogens (primary N) is 1. The molecule has 1 atom stereocenters. The third kappa shape index (κ3) is 3.67. The highest BCUT2D eigenvalue weighted by atomic mass is 35.5. The first-order valence-electron chi connectivity index (χ1n) is 5.90. The van der Waals surface area contributed by atoms with E-state index in [0.29, 0.717) is 5.01 Å². The smallest absolute Gasteiger partial charge is 0.244 e. The van der Waals surface area contributed by atoms with Crippen LogP contribution >= 0.6 is 34.5 Å². The molecule has 0 saturated heterocycles. The van der Waals surface area contributed by atoms with Crippen LogP contribution in [0.15, 0.2) is 23.2 Å². The molecular weight excluding hydrogens is 353 g/mol. The van der Waals surface area contributed by atoms with E-state index >= 15 is 0 Å². The standard InChI is InChI=1S/C12H13Cl2N3O2S2/c1-6-5-16-12(20-6)7(2)17-21(18,19)11-9(14)3-8(13)4-10(11)15/h3-5,7,17H,15H2,1-2H3. The Labute approximate surface area is 137 Å². The van der Waals surface area contributed by atoms with Crippen LogP contribution in [0.5, 0.6) is 0 Å². The van der Waals surface area contributed by atoms with Gasteiger partial charge in [0.2, 0.25) is 10.0 Å². The molecule has 3 N–H and O–H groups in total. The van der Waals surface area contributed by atoms with Gasteiger partial charge in [0, 0.05) is 16.1 Å². The van der Waals surface area contributed by atoms with Gasteiger partial charge in [0.15, 0.2) is 0 Å². The summed E-state index contributed by atoms with van der Waals surface area (Å²) in [6, 6.07) is 2.20. The Morgan fingerprint density at radius 1 is 1.38 bits per heavy atom.